The van der Waals surface area contributed by atoms with Gasteiger partial charge in [-0.2, -0.15) is 24.7 Å². The van der Waals surface area contributed by atoms with Crippen LogP contribution in [0.3, 0.4) is 0 Å². The summed E-state index contributed by atoms with van der Waals surface area (Å²) in [4.78, 5) is 19.7. The minimum absolute atomic E-state index is 0.496. The molecule has 0 amide bonds. The molecule has 0 saturated carbocycles. The van der Waals surface area contributed by atoms with E-state index in [2.05, 4.69) is 42.2 Å². The molecule has 1 aliphatic heterocycles. The summed E-state index contributed by atoms with van der Waals surface area (Å²) in [6.07, 6.45) is 6.54. The smallest absolute Gasteiger partial charge is 0.258 e. The average Bonchev–Trinajstić information content (AvgIpc) is 3.18. The fourth-order valence-electron chi connectivity index (χ4n) is 2.66. The maximum absolute atomic E-state index is 4.56. The molecule has 8 nitrogen and oxygen atoms in total. The van der Waals surface area contributed by atoms with Crippen molar-refractivity contribution >= 4 is 11.9 Å². The predicted octanol–water partition coefficient (Wildman–Crippen LogP) is 1.26. The summed E-state index contributed by atoms with van der Waals surface area (Å²) in [7, 11) is 0. The molecule has 1 aliphatic rings. The van der Waals surface area contributed by atoms with Gasteiger partial charge < -0.3 is 10.2 Å². The Kier molecular flexibility index (Phi) is 3.94. The second kappa shape index (κ2) is 6.02. The minimum Gasteiger partial charge on any atom is -0.354 e. The molecule has 21 heavy (non-hydrogen) atoms. The van der Waals surface area contributed by atoms with Gasteiger partial charge in [-0.05, 0) is 26.2 Å². The molecular weight excluding hydrogens is 268 g/mol. The largest absolute Gasteiger partial charge is 0.354 e. The second-order valence-corrected chi connectivity index (χ2v) is 5.03. The number of nitrogens with zero attached hydrogens (tertiary/aromatic N) is 7. The highest BCUT2D eigenvalue weighted by molar-refractivity contribution is 5.41. The van der Waals surface area contributed by atoms with E-state index < -0.39 is 0 Å². The molecule has 1 saturated heterocycles. The van der Waals surface area contributed by atoms with Crippen molar-refractivity contribution < 1.29 is 0 Å². The van der Waals surface area contributed by atoms with E-state index in [0.29, 0.717) is 17.9 Å². The van der Waals surface area contributed by atoms with Crippen LogP contribution in [0.5, 0.6) is 0 Å². The van der Waals surface area contributed by atoms with E-state index in [9.17, 15) is 0 Å². The SMILES string of the molecule is CCNc1nc(N2CCCC2CC)nc(-n2cncn2)n1. The first-order valence-electron chi connectivity index (χ1n) is 7.43. The number of hydrogen-bond donors (Lipinski definition) is 1. The molecule has 2 aromatic rings. The zero-order valence-electron chi connectivity index (χ0n) is 12.4. The standard InChI is InChI=1S/C13H20N8/c1-3-10-6-5-7-20(10)12-17-11(15-4-2)18-13(19-12)21-9-14-8-16-21/h8-10H,3-7H2,1-2H3,(H,15,17,18,19). The third-order valence-corrected chi connectivity index (χ3v) is 3.68. The molecule has 1 unspecified atom stereocenters. The molecule has 3 rings (SSSR count). The monoisotopic (exact) mass is 288 g/mol. The van der Waals surface area contributed by atoms with Crippen LogP contribution >= 0.6 is 0 Å². The fraction of sp³-hybridized carbons (Fsp3) is 0.615. The summed E-state index contributed by atoms with van der Waals surface area (Å²) < 4.78 is 1.56. The van der Waals surface area contributed by atoms with Crippen LogP contribution in [-0.2, 0) is 0 Å². The first-order valence-corrected chi connectivity index (χ1v) is 7.43. The van der Waals surface area contributed by atoms with E-state index in [1.165, 1.54) is 19.2 Å². The molecule has 112 valence electrons. The van der Waals surface area contributed by atoms with Gasteiger partial charge >= 0.3 is 0 Å². The van der Waals surface area contributed by atoms with Gasteiger partial charge in [0.05, 0.1) is 0 Å². The molecule has 1 atom stereocenters. The molecule has 1 N–H and O–H groups in total. The predicted molar refractivity (Wildman–Crippen MR) is 79.6 cm³/mol. The van der Waals surface area contributed by atoms with Gasteiger partial charge in [0.2, 0.25) is 11.9 Å². The van der Waals surface area contributed by atoms with E-state index in [1.807, 2.05) is 6.92 Å². The lowest BCUT2D eigenvalue weighted by Gasteiger charge is -2.24. The fourth-order valence-corrected chi connectivity index (χ4v) is 2.66. The number of aromatic nitrogens is 6. The van der Waals surface area contributed by atoms with Crippen LogP contribution in [0.1, 0.15) is 33.1 Å². The van der Waals surface area contributed by atoms with Crippen LogP contribution < -0.4 is 10.2 Å². The van der Waals surface area contributed by atoms with Gasteiger partial charge in [-0.25, -0.2) is 4.98 Å². The molecule has 0 bridgehead atoms. The average molecular weight is 288 g/mol. The zero-order valence-corrected chi connectivity index (χ0v) is 12.4. The van der Waals surface area contributed by atoms with Gasteiger partial charge in [-0.1, -0.05) is 6.92 Å². The number of anilines is 2. The number of hydrogen-bond acceptors (Lipinski definition) is 7. The maximum Gasteiger partial charge on any atom is 0.258 e. The molecule has 0 aromatic carbocycles. The molecule has 2 aromatic heterocycles. The van der Waals surface area contributed by atoms with Gasteiger partial charge in [-0.3, -0.25) is 0 Å². The van der Waals surface area contributed by atoms with Crippen molar-refractivity contribution in [3.8, 4) is 5.95 Å². The lowest BCUT2D eigenvalue weighted by molar-refractivity contribution is 0.630. The van der Waals surface area contributed by atoms with Gasteiger partial charge in [0, 0.05) is 19.1 Å². The molecular formula is C13H20N8. The van der Waals surface area contributed by atoms with E-state index in [1.54, 1.807) is 11.0 Å². The van der Waals surface area contributed by atoms with Crippen LogP contribution in [-0.4, -0.2) is 48.8 Å². The molecule has 1 fully saturated rings. The molecule has 0 aliphatic carbocycles. The first kappa shape index (κ1) is 13.7. The van der Waals surface area contributed by atoms with Crippen LogP contribution in [0.25, 0.3) is 5.95 Å². The van der Waals surface area contributed by atoms with Gasteiger partial charge in [-0.15, -0.1) is 0 Å². The van der Waals surface area contributed by atoms with E-state index in [4.69, 9.17) is 0 Å². The minimum atomic E-state index is 0.496. The Balaban J connectivity index is 1.99. The van der Waals surface area contributed by atoms with Gasteiger partial charge in [0.15, 0.2) is 0 Å². The van der Waals surface area contributed by atoms with Crippen LogP contribution in [0.2, 0.25) is 0 Å². The van der Waals surface area contributed by atoms with Crippen molar-refractivity contribution in [2.24, 2.45) is 0 Å². The van der Waals surface area contributed by atoms with Crippen molar-refractivity contribution in [3.05, 3.63) is 12.7 Å². The van der Waals surface area contributed by atoms with Crippen LogP contribution in [0.4, 0.5) is 11.9 Å². The van der Waals surface area contributed by atoms with E-state index in [0.717, 1.165) is 25.5 Å². The van der Waals surface area contributed by atoms with Gasteiger partial charge in [0.1, 0.15) is 12.7 Å². The Hall–Kier alpha value is -2.25. The number of nitrogens with one attached hydrogen (secondary N) is 1. The summed E-state index contributed by atoms with van der Waals surface area (Å²) in [5.41, 5.74) is 0. The maximum atomic E-state index is 4.56. The Morgan fingerprint density at radius 1 is 1.24 bits per heavy atom. The lowest BCUT2D eigenvalue weighted by atomic mass is 10.2. The topological polar surface area (TPSA) is 84.7 Å². The van der Waals surface area contributed by atoms with E-state index >= 15 is 0 Å². The third kappa shape index (κ3) is 2.79. The van der Waals surface area contributed by atoms with Crippen molar-refractivity contribution in [2.45, 2.75) is 39.2 Å². The van der Waals surface area contributed by atoms with E-state index in [-0.39, 0.29) is 0 Å². The summed E-state index contributed by atoms with van der Waals surface area (Å²) >= 11 is 0. The normalized spacial score (nSPS) is 18.2. The van der Waals surface area contributed by atoms with Crippen LogP contribution in [0.15, 0.2) is 12.7 Å². The van der Waals surface area contributed by atoms with Gasteiger partial charge in [0.25, 0.3) is 5.95 Å². The molecule has 3 heterocycles. The quantitative estimate of drug-likeness (QED) is 0.886. The van der Waals surface area contributed by atoms with Crippen molar-refractivity contribution in [2.75, 3.05) is 23.3 Å². The lowest BCUT2D eigenvalue weighted by Crippen LogP contribution is -2.31. The highest BCUT2D eigenvalue weighted by Gasteiger charge is 2.26. The highest BCUT2D eigenvalue weighted by atomic mass is 15.4. The summed E-state index contributed by atoms with van der Waals surface area (Å²) in [5.74, 6) is 1.79. The van der Waals surface area contributed by atoms with Crippen molar-refractivity contribution in [1.82, 2.24) is 29.7 Å². The van der Waals surface area contributed by atoms with Crippen molar-refractivity contribution in [1.29, 1.82) is 0 Å². The molecule has 0 spiro atoms. The highest BCUT2D eigenvalue weighted by Crippen LogP contribution is 2.25. The second-order valence-electron chi connectivity index (χ2n) is 5.03. The molecule has 8 heteroatoms. The Labute approximate surface area is 123 Å². The van der Waals surface area contributed by atoms with Crippen molar-refractivity contribution in [3.63, 3.8) is 0 Å². The summed E-state index contributed by atoms with van der Waals surface area (Å²) in [6, 6.07) is 0.505. The Morgan fingerprint density at radius 3 is 2.81 bits per heavy atom. The first-order chi connectivity index (χ1) is 10.3. The Bertz CT molecular complexity index is 582. The zero-order chi connectivity index (χ0) is 14.7. The summed E-state index contributed by atoms with van der Waals surface area (Å²) in [6.45, 7) is 5.97. The molecule has 0 radical (unpaired) electrons. The number of rotatable bonds is 5. The van der Waals surface area contributed by atoms with Crippen LogP contribution in [0, 0.1) is 0 Å². The summed E-state index contributed by atoms with van der Waals surface area (Å²) in [5, 5.41) is 7.26. The Morgan fingerprint density at radius 2 is 2.10 bits per heavy atom. The third-order valence-electron chi connectivity index (χ3n) is 3.68.